The second kappa shape index (κ2) is 3.37. The first-order valence-electron chi connectivity index (χ1n) is 4.51. The van der Waals surface area contributed by atoms with E-state index in [1.807, 2.05) is 0 Å². The van der Waals surface area contributed by atoms with E-state index in [0.717, 1.165) is 17.7 Å². The van der Waals surface area contributed by atoms with Gasteiger partial charge in [-0.2, -0.15) is 0 Å². The Hall–Kier alpha value is -0.870. The average molecular weight is 212 g/mol. The molecular formula is C10H12O3S. The standard InChI is InChI=1S/C10H12O3S/c1-13-9(11)7-4-8(14-6-7)5-10(12)2-3-10/h4,6,12H,2-3,5H2,1H3. The van der Waals surface area contributed by atoms with E-state index in [4.69, 9.17) is 0 Å². The lowest BCUT2D eigenvalue weighted by Gasteiger charge is -2.03. The molecule has 0 aliphatic heterocycles. The summed E-state index contributed by atoms with van der Waals surface area (Å²) >= 11 is 1.50. The summed E-state index contributed by atoms with van der Waals surface area (Å²) in [6.07, 6.45) is 2.41. The van der Waals surface area contributed by atoms with Crippen molar-refractivity contribution in [3.63, 3.8) is 0 Å². The maximum absolute atomic E-state index is 11.1. The smallest absolute Gasteiger partial charge is 0.338 e. The van der Waals surface area contributed by atoms with Gasteiger partial charge in [0.15, 0.2) is 0 Å². The maximum atomic E-state index is 11.1. The summed E-state index contributed by atoms with van der Waals surface area (Å²) in [5.74, 6) is -0.310. The molecule has 3 nitrogen and oxygen atoms in total. The second-order valence-electron chi connectivity index (χ2n) is 3.69. The highest BCUT2D eigenvalue weighted by molar-refractivity contribution is 7.10. The van der Waals surface area contributed by atoms with Crippen LogP contribution in [0.4, 0.5) is 0 Å². The SMILES string of the molecule is COC(=O)c1csc(CC2(O)CC2)c1. The van der Waals surface area contributed by atoms with Crippen LogP contribution in [0.5, 0.6) is 0 Å². The molecule has 1 aromatic heterocycles. The Labute approximate surface area is 86.3 Å². The fourth-order valence-corrected chi connectivity index (χ4v) is 2.33. The Morgan fingerprint density at radius 3 is 3.00 bits per heavy atom. The van der Waals surface area contributed by atoms with Crippen molar-refractivity contribution in [2.24, 2.45) is 0 Å². The lowest BCUT2D eigenvalue weighted by atomic mass is 10.2. The summed E-state index contributed by atoms with van der Waals surface area (Å²) < 4.78 is 4.60. The van der Waals surface area contributed by atoms with Crippen molar-refractivity contribution in [2.75, 3.05) is 7.11 Å². The summed E-state index contributed by atoms with van der Waals surface area (Å²) in [6, 6.07) is 1.80. The number of rotatable bonds is 3. The topological polar surface area (TPSA) is 46.5 Å². The molecule has 4 heteroatoms. The van der Waals surface area contributed by atoms with E-state index in [1.165, 1.54) is 18.4 Å². The first kappa shape index (κ1) is 9.68. The van der Waals surface area contributed by atoms with Crippen LogP contribution in [-0.4, -0.2) is 23.8 Å². The van der Waals surface area contributed by atoms with Crippen molar-refractivity contribution in [1.82, 2.24) is 0 Å². The highest BCUT2D eigenvalue weighted by atomic mass is 32.1. The molecule has 1 fully saturated rings. The summed E-state index contributed by atoms with van der Waals surface area (Å²) in [7, 11) is 1.37. The van der Waals surface area contributed by atoms with Crippen LogP contribution >= 0.6 is 11.3 Å². The predicted octanol–water partition coefficient (Wildman–Crippen LogP) is 1.60. The van der Waals surface area contributed by atoms with Gasteiger partial charge in [0.25, 0.3) is 0 Å². The second-order valence-corrected chi connectivity index (χ2v) is 4.69. The molecule has 0 amide bonds. The van der Waals surface area contributed by atoms with E-state index in [0.29, 0.717) is 12.0 Å². The fourth-order valence-electron chi connectivity index (χ4n) is 1.34. The largest absolute Gasteiger partial charge is 0.465 e. The molecule has 1 N–H and O–H groups in total. The molecule has 0 atom stereocenters. The molecule has 1 heterocycles. The summed E-state index contributed by atoms with van der Waals surface area (Å²) in [6.45, 7) is 0. The van der Waals surface area contributed by atoms with Gasteiger partial charge in [-0.3, -0.25) is 0 Å². The van der Waals surface area contributed by atoms with Crippen molar-refractivity contribution in [1.29, 1.82) is 0 Å². The Morgan fingerprint density at radius 1 is 1.71 bits per heavy atom. The van der Waals surface area contributed by atoms with Crippen LogP contribution < -0.4 is 0 Å². The first-order valence-corrected chi connectivity index (χ1v) is 5.39. The van der Waals surface area contributed by atoms with Crippen molar-refractivity contribution >= 4 is 17.3 Å². The quantitative estimate of drug-likeness (QED) is 0.774. The van der Waals surface area contributed by atoms with Gasteiger partial charge in [0.1, 0.15) is 0 Å². The number of carbonyl (C=O) groups is 1. The molecule has 1 aliphatic rings. The maximum Gasteiger partial charge on any atom is 0.338 e. The van der Waals surface area contributed by atoms with Gasteiger partial charge in [0.2, 0.25) is 0 Å². The minimum Gasteiger partial charge on any atom is -0.465 e. The van der Waals surface area contributed by atoms with Crippen molar-refractivity contribution in [3.05, 3.63) is 21.9 Å². The Bertz CT molecular complexity index is 352. The molecule has 0 unspecified atom stereocenters. The Morgan fingerprint density at radius 2 is 2.43 bits per heavy atom. The van der Waals surface area contributed by atoms with Gasteiger partial charge < -0.3 is 9.84 Å². The van der Waals surface area contributed by atoms with E-state index in [2.05, 4.69) is 4.74 Å². The summed E-state index contributed by atoms with van der Waals surface area (Å²) in [5, 5.41) is 11.4. The van der Waals surface area contributed by atoms with Crippen LogP contribution in [0, 0.1) is 0 Å². The molecular weight excluding hydrogens is 200 g/mol. The van der Waals surface area contributed by atoms with E-state index >= 15 is 0 Å². The van der Waals surface area contributed by atoms with Crippen LogP contribution in [0.2, 0.25) is 0 Å². The minimum absolute atomic E-state index is 0.310. The van der Waals surface area contributed by atoms with E-state index in [9.17, 15) is 9.90 Å². The summed E-state index contributed by atoms with van der Waals surface area (Å²) in [4.78, 5) is 12.2. The van der Waals surface area contributed by atoms with Crippen LogP contribution in [0.3, 0.4) is 0 Å². The lowest BCUT2D eigenvalue weighted by molar-refractivity contribution is 0.0601. The first-order chi connectivity index (χ1) is 6.63. The van der Waals surface area contributed by atoms with Crippen molar-refractivity contribution in [2.45, 2.75) is 24.9 Å². The van der Waals surface area contributed by atoms with Gasteiger partial charge in [-0.1, -0.05) is 0 Å². The van der Waals surface area contributed by atoms with E-state index < -0.39 is 5.60 Å². The number of esters is 1. The zero-order valence-corrected chi connectivity index (χ0v) is 8.76. The third-order valence-electron chi connectivity index (χ3n) is 2.41. The molecule has 1 aromatic rings. The number of hydrogen-bond donors (Lipinski definition) is 1. The highest BCUT2D eigenvalue weighted by Gasteiger charge is 2.40. The molecule has 0 spiro atoms. The van der Waals surface area contributed by atoms with Crippen LogP contribution in [-0.2, 0) is 11.2 Å². The van der Waals surface area contributed by atoms with Gasteiger partial charge in [-0.05, 0) is 18.9 Å². The average Bonchev–Trinajstić information content (AvgIpc) is 2.71. The molecule has 0 radical (unpaired) electrons. The molecule has 14 heavy (non-hydrogen) atoms. The summed E-state index contributed by atoms with van der Waals surface area (Å²) in [5.41, 5.74) is 0.0925. The third kappa shape index (κ3) is 1.96. The molecule has 0 saturated heterocycles. The minimum atomic E-state index is -0.488. The third-order valence-corrected chi connectivity index (χ3v) is 3.34. The highest BCUT2D eigenvalue weighted by Crippen LogP contribution is 2.39. The number of ether oxygens (including phenoxy) is 1. The Kier molecular flexibility index (Phi) is 2.33. The predicted molar refractivity (Wildman–Crippen MR) is 53.5 cm³/mol. The van der Waals surface area contributed by atoms with Gasteiger partial charge in [-0.15, -0.1) is 11.3 Å². The number of aliphatic hydroxyl groups is 1. The molecule has 2 rings (SSSR count). The van der Waals surface area contributed by atoms with Crippen LogP contribution in [0.1, 0.15) is 28.1 Å². The van der Waals surface area contributed by atoms with Gasteiger partial charge in [0, 0.05) is 16.7 Å². The van der Waals surface area contributed by atoms with Gasteiger partial charge >= 0.3 is 5.97 Å². The number of thiophene rings is 1. The van der Waals surface area contributed by atoms with Crippen LogP contribution in [0.15, 0.2) is 11.4 Å². The van der Waals surface area contributed by atoms with Crippen molar-refractivity contribution < 1.29 is 14.6 Å². The molecule has 1 aliphatic carbocycles. The normalized spacial score (nSPS) is 17.9. The van der Waals surface area contributed by atoms with E-state index in [1.54, 1.807) is 11.4 Å². The molecule has 76 valence electrons. The van der Waals surface area contributed by atoms with E-state index in [-0.39, 0.29) is 5.97 Å². The number of carbonyl (C=O) groups excluding carboxylic acids is 1. The fraction of sp³-hybridized carbons (Fsp3) is 0.500. The van der Waals surface area contributed by atoms with Gasteiger partial charge in [-0.25, -0.2) is 4.79 Å². The molecule has 0 aromatic carbocycles. The van der Waals surface area contributed by atoms with Gasteiger partial charge in [0.05, 0.1) is 18.3 Å². The molecule has 0 bridgehead atoms. The number of methoxy groups -OCH3 is 1. The zero-order chi connectivity index (χ0) is 10.2. The molecule has 1 saturated carbocycles. The number of hydrogen-bond acceptors (Lipinski definition) is 4. The van der Waals surface area contributed by atoms with Crippen LogP contribution in [0.25, 0.3) is 0 Å². The zero-order valence-electron chi connectivity index (χ0n) is 7.95. The van der Waals surface area contributed by atoms with Crippen molar-refractivity contribution in [3.8, 4) is 0 Å². The lowest BCUT2D eigenvalue weighted by Crippen LogP contribution is -2.09. The Balaban J connectivity index is 2.06. The monoisotopic (exact) mass is 212 g/mol.